The number of hydrogen-bond donors (Lipinski definition) is 2. The Morgan fingerprint density at radius 2 is 2.12 bits per heavy atom. The van der Waals surface area contributed by atoms with Crippen molar-refractivity contribution >= 4 is 28.5 Å². The normalized spacial score (nSPS) is 11.3. The van der Waals surface area contributed by atoms with E-state index in [9.17, 15) is 0 Å². The minimum absolute atomic E-state index is 0.230. The quantitative estimate of drug-likeness (QED) is 0.804. The van der Waals surface area contributed by atoms with Gasteiger partial charge < -0.3 is 5.32 Å². The summed E-state index contributed by atoms with van der Waals surface area (Å²) in [5, 5.41) is 11.2. The molecule has 0 radical (unpaired) electrons. The summed E-state index contributed by atoms with van der Waals surface area (Å²) < 4.78 is 0. The topological polar surface area (TPSA) is 66.5 Å². The zero-order valence-electron chi connectivity index (χ0n) is 10.00. The second-order valence-corrected chi connectivity index (χ2v) is 4.38. The third-order valence-corrected chi connectivity index (χ3v) is 3.16. The smallest absolute Gasteiger partial charge is 0.226 e. The van der Waals surface area contributed by atoms with Crippen molar-refractivity contribution in [3.8, 4) is 0 Å². The highest BCUT2D eigenvalue weighted by atomic mass is 35.5. The van der Waals surface area contributed by atoms with Gasteiger partial charge in [0.2, 0.25) is 5.28 Å². The van der Waals surface area contributed by atoms with E-state index in [0.29, 0.717) is 11.6 Å². The van der Waals surface area contributed by atoms with Gasteiger partial charge >= 0.3 is 0 Å². The van der Waals surface area contributed by atoms with E-state index in [0.717, 1.165) is 30.6 Å². The fraction of sp³-hybridized carbons (Fsp3) is 0.545. The molecule has 0 saturated heterocycles. The average molecular weight is 254 g/mol. The monoisotopic (exact) mass is 253 g/mol. The van der Waals surface area contributed by atoms with Gasteiger partial charge in [-0.2, -0.15) is 15.1 Å². The molecule has 0 bridgehead atoms. The van der Waals surface area contributed by atoms with Crippen LogP contribution in [0.3, 0.4) is 0 Å². The average Bonchev–Trinajstić information content (AvgIpc) is 2.78. The lowest BCUT2D eigenvalue weighted by atomic mass is 10.0. The molecule has 0 aromatic carbocycles. The summed E-state index contributed by atoms with van der Waals surface area (Å²) in [6.45, 7) is 5.27. The molecule has 6 heteroatoms. The number of halogens is 1. The molecule has 92 valence electrons. The SMILES string of the molecule is CCC(CC)CNc1nc(Cl)nc2[nH]ncc12. The number of aromatic amines is 1. The summed E-state index contributed by atoms with van der Waals surface area (Å²) in [6, 6.07) is 0. The third kappa shape index (κ3) is 2.66. The van der Waals surface area contributed by atoms with Crippen LogP contribution in [0.4, 0.5) is 5.82 Å². The Labute approximate surface area is 105 Å². The van der Waals surface area contributed by atoms with E-state index in [1.165, 1.54) is 0 Å². The lowest BCUT2D eigenvalue weighted by molar-refractivity contribution is 0.518. The minimum Gasteiger partial charge on any atom is -0.369 e. The number of H-pyrrole nitrogens is 1. The Hall–Kier alpha value is -1.36. The van der Waals surface area contributed by atoms with Crippen LogP contribution >= 0.6 is 11.6 Å². The van der Waals surface area contributed by atoms with Crippen LogP contribution in [-0.2, 0) is 0 Å². The van der Waals surface area contributed by atoms with Gasteiger partial charge in [0.15, 0.2) is 5.65 Å². The standard InChI is InChI=1S/C11H16ClN5/c1-3-7(4-2)5-13-9-8-6-14-17-10(8)16-11(12)15-9/h6-7H,3-5H2,1-2H3,(H2,13,14,15,16,17). The Kier molecular flexibility index (Phi) is 3.78. The number of rotatable bonds is 5. The molecular weight excluding hydrogens is 238 g/mol. The molecule has 0 spiro atoms. The molecular formula is C11H16ClN5. The number of nitrogens with zero attached hydrogens (tertiary/aromatic N) is 3. The fourth-order valence-electron chi connectivity index (χ4n) is 1.76. The van der Waals surface area contributed by atoms with E-state index in [1.807, 2.05) is 0 Å². The number of fused-ring (bicyclic) bond motifs is 1. The Balaban J connectivity index is 2.20. The summed E-state index contributed by atoms with van der Waals surface area (Å²) in [7, 11) is 0. The maximum absolute atomic E-state index is 5.85. The predicted molar refractivity (Wildman–Crippen MR) is 69.3 cm³/mol. The van der Waals surface area contributed by atoms with E-state index in [2.05, 4.69) is 39.3 Å². The Morgan fingerprint density at radius 1 is 1.35 bits per heavy atom. The van der Waals surface area contributed by atoms with Crippen LogP contribution in [0.15, 0.2) is 6.20 Å². The van der Waals surface area contributed by atoms with Gasteiger partial charge in [-0.05, 0) is 17.5 Å². The highest BCUT2D eigenvalue weighted by Gasteiger charge is 2.09. The summed E-state index contributed by atoms with van der Waals surface area (Å²) in [5.74, 6) is 1.39. The van der Waals surface area contributed by atoms with Crippen LogP contribution in [-0.4, -0.2) is 26.7 Å². The molecule has 0 aliphatic rings. The molecule has 0 amide bonds. The van der Waals surface area contributed by atoms with Crippen molar-refractivity contribution in [1.82, 2.24) is 20.2 Å². The maximum Gasteiger partial charge on any atom is 0.226 e. The van der Waals surface area contributed by atoms with Crippen LogP contribution < -0.4 is 5.32 Å². The van der Waals surface area contributed by atoms with Crippen LogP contribution in [0, 0.1) is 5.92 Å². The molecule has 0 aliphatic carbocycles. The largest absolute Gasteiger partial charge is 0.369 e. The molecule has 2 rings (SSSR count). The van der Waals surface area contributed by atoms with E-state index in [-0.39, 0.29) is 5.28 Å². The lowest BCUT2D eigenvalue weighted by Crippen LogP contribution is -2.13. The van der Waals surface area contributed by atoms with Crippen molar-refractivity contribution in [2.24, 2.45) is 5.92 Å². The minimum atomic E-state index is 0.230. The van der Waals surface area contributed by atoms with E-state index in [4.69, 9.17) is 11.6 Å². The van der Waals surface area contributed by atoms with Gasteiger partial charge in [0.05, 0.1) is 11.6 Å². The maximum atomic E-state index is 5.85. The number of aromatic nitrogens is 4. The van der Waals surface area contributed by atoms with Gasteiger partial charge in [-0.15, -0.1) is 0 Å². The Bertz CT molecular complexity index is 492. The van der Waals surface area contributed by atoms with Crippen LogP contribution in [0.2, 0.25) is 5.28 Å². The molecule has 2 aromatic heterocycles. The number of nitrogens with one attached hydrogen (secondary N) is 2. The molecule has 0 saturated carbocycles. The van der Waals surface area contributed by atoms with Crippen molar-refractivity contribution in [3.63, 3.8) is 0 Å². The van der Waals surface area contributed by atoms with Crippen molar-refractivity contribution in [3.05, 3.63) is 11.5 Å². The second kappa shape index (κ2) is 5.31. The molecule has 0 unspecified atom stereocenters. The molecule has 2 N–H and O–H groups in total. The highest BCUT2D eigenvalue weighted by molar-refractivity contribution is 6.28. The number of anilines is 1. The first-order valence-electron chi connectivity index (χ1n) is 5.85. The van der Waals surface area contributed by atoms with Crippen molar-refractivity contribution < 1.29 is 0 Å². The van der Waals surface area contributed by atoms with Crippen LogP contribution in [0.25, 0.3) is 11.0 Å². The first kappa shape index (κ1) is 12.1. The highest BCUT2D eigenvalue weighted by Crippen LogP contribution is 2.20. The van der Waals surface area contributed by atoms with Gasteiger partial charge in [0.1, 0.15) is 5.82 Å². The van der Waals surface area contributed by atoms with E-state index >= 15 is 0 Å². The first-order valence-corrected chi connectivity index (χ1v) is 6.22. The lowest BCUT2D eigenvalue weighted by Gasteiger charge is -2.13. The zero-order chi connectivity index (χ0) is 12.3. The summed E-state index contributed by atoms with van der Waals surface area (Å²) >= 11 is 5.85. The molecule has 2 aromatic rings. The van der Waals surface area contributed by atoms with Crippen molar-refractivity contribution in [1.29, 1.82) is 0 Å². The molecule has 0 aliphatic heterocycles. The Morgan fingerprint density at radius 3 is 2.82 bits per heavy atom. The number of hydrogen-bond acceptors (Lipinski definition) is 4. The fourth-order valence-corrected chi connectivity index (χ4v) is 1.93. The van der Waals surface area contributed by atoms with Gasteiger partial charge in [-0.25, -0.2) is 0 Å². The van der Waals surface area contributed by atoms with Crippen LogP contribution in [0.1, 0.15) is 26.7 Å². The molecule has 2 heterocycles. The van der Waals surface area contributed by atoms with Gasteiger partial charge in [-0.3, -0.25) is 5.10 Å². The van der Waals surface area contributed by atoms with E-state index in [1.54, 1.807) is 6.20 Å². The molecule has 0 fully saturated rings. The summed E-state index contributed by atoms with van der Waals surface area (Å²) in [4.78, 5) is 8.26. The van der Waals surface area contributed by atoms with Gasteiger partial charge in [0, 0.05) is 6.54 Å². The third-order valence-electron chi connectivity index (χ3n) is 3.00. The van der Waals surface area contributed by atoms with Crippen molar-refractivity contribution in [2.45, 2.75) is 26.7 Å². The molecule has 5 nitrogen and oxygen atoms in total. The second-order valence-electron chi connectivity index (χ2n) is 4.04. The van der Waals surface area contributed by atoms with Crippen molar-refractivity contribution in [2.75, 3.05) is 11.9 Å². The van der Waals surface area contributed by atoms with Gasteiger partial charge in [-0.1, -0.05) is 26.7 Å². The summed E-state index contributed by atoms with van der Waals surface area (Å²) in [5.41, 5.74) is 0.664. The molecule has 0 atom stereocenters. The van der Waals surface area contributed by atoms with Crippen LogP contribution in [0.5, 0.6) is 0 Å². The zero-order valence-corrected chi connectivity index (χ0v) is 10.8. The van der Waals surface area contributed by atoms with Gasteiger partial charge in [0.25, 0.3) is 0 Å². The van der Waals surface area contributed by atoms with E-state index < -0.39 is 0 Å². The predicted octanol–water partition coefficient (Wildman–Crippen LogP) is 2.85. The summed E-state index contributed by atoms with van der Waals surface area (Å²) in [6.07, 6.45) is 4.01. The molecule has 17 heavy (non-hydrogen) atoms. The first-order chi connectivity index (χ1) is 8.24.